The molecule has 0 heterocycles. The molecule has 1 atom stereocenters. The predicted octanol–water partition coefficient (Wildman–Crippen LogP) is 4.29. The van der Waals surface area contributed by atoms with Gasteiger partial charge in [0.1, 0.15) is 0 Å². The van der Waals surface area contributed by atoms with Crippen LogP contribution < -0.4 is 14.8 Å². The van der Waals surface area contributed by atoms with Gasteiger partial charge in [-0.25, -0.2) is 0 Å². The summed E-state index contributed by atoms with van der Waals surface area (Å²) >= 11 is 3.36. The number of hydrogen-bond donors (Lipinski definition) is 1. The Bertz CT molecular complexity index is 878. The van der Waals surface area contributed by atoms with Crippen LogP contribution in [0.5, 0.6) is 11.5 Å². The summed E-state index contributed by atoms with van der Waals surface area (Å²) in [6.07, 6.45) is 0.0499. The summed E-state index contributed by atoms with van der Waals surface area (Å²) < 4.78 is 35.6. The summed E-state index contributed by atoms with van der Waals surface area (Å²) in [6, 6.07) is 11.4. The van der Waals surface area contributed by atoms with Crippen molar-refractivity contribution in [2.24, 2.45) is 0 Å². The van der Waals surface area contributed by atoms with Gasteiger partial charge in [-0.3, -0.25) is 9.59 Å². The monoisotopic (exact) mass is 484 g/mol. The van der Waals surface area contributed by atoms with Crippen molar-refractivity contribution in [1.82, 2.24) is 10.2 Å². The molecule has 6 nitrogen and oxygen atoms in total. The van der Waals surface area contributed by atoms with Crippen molar-refractivity contribution in [3.63, 3.8) is 0 Å². The molecule has 2 aromatic rings. The number of nitrogens with one attached hydrogen (secondary N) is 1. The fourth-order valence-electron chi connectivity index (χ4n) is 2.89. The van der Waals surface area contributed by atoms with Gasteiger partial charge < -0.3 is 19.7 Å². The summed E-state index contributed by atoms with van der Waals surface area (Å²) in [7, 11) is 2.96. The van der Waals surface area contributed by atoms with Gasteiger partial charge in [0, 0.05) is 25.0 Å². The number of ether oxygens (including phenoxy) is 2. The fraction of sp³-hybridized carbons (Fsp3) is 0.333. The maximum absolute atomic E-state index is 12.8. The molecule has 0 saturated heterocycles. The van der Waals surface area contributed by atoms with E-state index in [1.54, 1.807) is 13.1 Å². The van der Waals surface area contributed by atoms with E-state index in [4.69, 9.17) is 4.74 Å². The molecule has 0 aliphatic heterocycles. The van der Waals surface area contributed by atoms with Gasteiger partial charge in [0.15, 0.2) is 11.5 Å². The molecule has 162 valence electrons. The molecule has 0 aromatic heterocycles. The maximum Gasteiger partial charge on any atom is 0.387 e. The number of rotatable bonds is 9. The number of carbonyl (C=O) groups is 2. The highest BCUT2D eigenvalue weighted by Crippen LogP contribution is 2.30. The molecular formula is C21H23BrF2N2O4. The lowest BCUT2D eigenvalue weighted by Crippen LogP contribution is -2.33. The van der Waals surface area contributed by atoms with Crippen molar-refractivity contribution in [3.8, 4) is 11.5 Å². The molecule has 30 heavy (non-hydrogen) atoms. The fourth-order valence-corrected chi connectivity index (χ4v) is 3.16. The minimum Gasteiger partial charge on any atom is -0.493 e. The largest absolute Gasteiger partial charge is 0.493 e. The van der Waals surface area contributed by atoms with E-state index in [9.17, 15) is 18.4 Å². The van der Waals surface area contributed by atoms with Crippen molar-refractivity contribution in [2.75, 3.05) is 14.2 Å². The van der Waals surface area contributed by atoms with Crippen LogP contribution in [0.1, 0.15) is 30.5 Å². The number of methoxy groups -OCH3 is 1. The van der Waals surface area contributed by atoms with Gasteiger partial charge in [-0.05, 0) is 35.4 Å². The minimum atomic E-state index is -2.99. The van der Waals surface area contributed by atoms with Crippen LogP contribution in [0.3, 0.4) is 0 Å². The zero-order chi connectivity index (χ0) is 22.3. The molecule has 0 bridgehead atoms. The average Bonchev–Trinajstić information content (AvgIpc) is 2.67. The van der Waals surface area contributed by atoms with Crippen molar-refractivity contribution in [3.05, 3.63) is 58.1 Å². The minimum absolute atomic E-state index is 0.0499. The average molecular weight is 485 g/mol. The summed E-state index contributed by atoms with van der Waals surface area (Å²) in [5.41, 5.74) is 1.40. The maximum atomic E-state index is 12.8. The van der Waals surface area contributed by atoms with E-state index >= 15 is 0 Å². The lowest BCUT2D eigenvalue weighted by Gasteiger charge is -2.23. The van der Waals surface area contributed by atoms with Gasteiger partial charge in [0.25, 0.3) is 0 Å². The molecule has 2 aromatic carbocycles. The Kier molecular flexibility index (Phi) is 8.58. The first-order chi connectivity index (χ1) is 14.2. The highest BCUT2D eigenvalue weighted by Gasteiger charge is 2.20. The quantitative estimate of drug-likeness (QED) is 0.576. The van der Waals surface area contributed by atoms with E-state index < -0.39 is 12.7 Å². The normalized spacial score (nSPS) is 11.7. The Hall–Kier alpha value is -2.68. The molecule has 2 rings (SSSR count). The second-order valence-corrected chi connectivity index (χ2v) is 7.54. The molecule has 0 saturated carbocycles. The van der Waals surface area contributed by atoms with Crippen LogP contribution in [-0.2, 0) is 16.1 Å². The summed E-state index contributed by atoms with van der Waals surface area (Å²) in [5, 5.41) is 2.79. The number of hydrogen-bond acceptors (Lipinski definition) is 4. The molecule has 1 N–H and O–H groups in total. The number of carbonyl (C=O) groups excluding carboxylic acids is 2. The highest BCUT2D eigenvalue weighted by molar-refractivity contribution is 9.10. The second-order valence-electron chi connectivity index (χ2n) is 6.62. The van der Waals surface area contributed by atoms with Crippen LogP contribution in [0, 0.1) is 0 Å². The van der Waals surface area contributed by atoms with E-state index in [2.05, 4.69) is 26.0 Å². The van der Waals surface area contributed by atoms with Crippen molar-refractivity contribution < 1.29 is 27.8 Å². The lowest BCUT2D eigenvalue weighted by molar-refractivity contribution is -0.131. The van der Waals surface area contributed by atoms with Gasteiger partial charge in [-0.15, -0.1) is 0 Å². The van der Waals surface area contributed by atoms with Crippen LogP contribution >= 0.6 is 15.9 Å². The van der Waals surface area contributed by atoms with Crippen molar-refractivity contribution >= 4 is 27.7 Å². The first-order valence-corrected chi connectivity index (χ1v) is 9.87. The summed E-state index contributed by atoms with van der Waals surface area (Å²) in [6.45, 7) is -1.42. The molecule has 0 spiro atoms. The van der Waals surface area contributed by atoms with Gasteiger partial charge >= 0.3 is 6.61 Å². The molecule has 0 aliphatic carbocycles. The highest BCUT2D eigenvalue weighted by atomic mass is 79.9. The number of halogens is 3. The van der Waals surface area contributed by atoms with Gasteiger partial charge in [-0.2, -0.15) is 8.78 Å². The van der Waals surface area contributed by atoms with E-state index in [1.165, 1.54) is 31.1 Å². The number of amides is 2. The van der Waals surface area contributed by atoms with Crippen molar-refractivity contribution in [2.45, 2.75) is 32.5 Å². The lowest BCUT2D eigenvalue weighted by atomic mass is 10.0. The first kappa shape index (κ1) is 23.6. The van der Waals surface area contributed by atoms with Crippen LogP contribution in [0.15, 0.2) is 46.9 Å². The van der Waals surface area contributed by atoms with E-state index in [0.717, 1.165) is 10.0 Å². The van der Waals surface area contributed by atoms with Gasteiger partial charge in [0.2, 0.25) is 11.8 Å². The van der Waals surface area contributed by atoms with Crippen molar-refractivity contribution in [1.29, 1.82) is 0 Å². The summed E-state index contributed by atoms with van der Waals surface area (Å²) in [5.74, 6) is -0.392. The summed E-state index contributed by atoms with van der Waals surface area (Å²) in [4.78, 5) is 25.8. The number of nitrogens with zero attached hydrogens (tertiary/aromatic N) is 1. The van der Waals surface area contributed by atoms with E-state index in [1.807, 2.05) is 24.3 Å². The van der Waals surface area contributed by atoms with Crippen LogP contribution in [-0.4, -0.2) is 37.5 Å². The molecule has 2 amide bonds. The van der Waals surface area contributed by atoms with Crippen LogP contribution in [0.25, 0.3) is 0 Å². The zero-order valence-corrected chi connectivity index (χ0v) is 18.4. The molecular weight excluding hydrogens is 462 g/mol. The molecule has 0 radical (unpaired) electrons. The zero-order valence-electron chi connectivity index (χ0n) is 16.8. The third-order valence-electron chi connectivity index (χ3n) is 4.32. The smallest absolute Gasteiger partial charge is 0.387 e. The van der Waals surface area contributed by atoms with Crippen LogP contribution in [0.4, 0.5) is 8.78 Å². The Morgan fingerprint density at radius 2 is 1.80 bits per heavy atom. The Morgan fingerprint density at radius 3 is 2.37 bits per heavy atom. The van der Waals surface area contributed by atoms with Gasteiger partial charge in [-0.1, -0.05) is 34.1 Å². The van der Waals surface area contributed by atoms with Gasteiger partial charge in [0.05, 0.1) is 19.6 Å². The Labute approximate surface area is 182 Å². The number of alkyl halides is 2. The molecule has 1 unspecified atom stereocenters. The topological polar surface area (TPSA) is 67.9 Å². The Balaban J connectivity index is 2.11. The molecule has 9 heteroatoms. The Morgan fingerprint density at radius 1 is 1.13 bits per heavy atom. The third-order valence-corrected chi connectivity index (χ3v) is 4.85. The number of benzene rings is 2. The van der Waals surface area contributed by atoms with E-state index in [-0.39, 0.29) is 36.3 Å². The van der Waals surface area contributed by atoms with E-state index in [0.29, 0.717) is 5.56 Å². The SMILES string of the molecule is COc1ccc(CN(C)C(=O)CC(NC(C)=O)c2ccc(Br)cc2)cc1OC(F)F. The molecule has 0 aliphatic rings. The third kappa shape index (κ3) is 6.98. The van der Waals surface area contributed by atoms with Crippen LogP contribution in [0.2, 0.25) is 0 Å². The predicted molar refractivity (Wildman–Crippen MR) is 111 cm³/mol. The second kappa shape index (κ2) is 10.9. The molecule has 0 fully saturated rings. The first-order valence-electron chi connectivity index (χ1n) is 9.08. The standard InChI is InChI=1S/C21H23BrF2N2O4/c1-13(27)25-17(15-5-7-16(22)8-6-15)11-20(28)26(2)12-14-4-9-18(29-3)19(10-14)30-21(23)24/h4-10,17,21H,11-12H2,1-3H3,(H,25,27).